The fourth-order valence-corrected chi connectivity index (χ4v) is 2.23. The van der Waals surface area contributed by atoms with Crippen molar-refractivity contribution in [1.82, 2.24) is 9.61 Å². The molecule has 2 aromatic rings. The number of Topliss-reactive ketones (excluding diaryl/α,β-unsaturated/α-hetero) is 1. The SMILES string of the molecule is CC(=O)c1cnn2c(C(C)C)c(OCC(C)(C)O)ccc12. The van der Waals surface area contributed by atoms with E-state index in [4.69, 9.17) is 4.74 Å². The Balaban J connectivity index is 2.52. The molecule has 1 N–H and O–H groups in total. The Morgan fingerprint density at radius 1 is 1.43 bits per heavy atom. The normalized spacial score (nSPS) is 12.1. The molecule has 2 aromatic heterocycles. The Hall–Kier alpha value is -1.88. The first kappa shape index (κ1) is 15.5. The summed E-state index contributed by atoms with van der Waals surface area (Å²) in [6.07, 6.45) is 1.59. The van der Waals surface area contributed by atoms with Crippen LogP contribution >= 0.6 is 0 Å². The van der Waals surface area contributed by atoms with Gasteiger partial charge in [-0.1, -0.05) is 13.8 Å². The molecule has 0 saturated carbocycles. The molecule has 0 aliphatic rings. The van der Waals surface area contributed by atoms with Gasteiger partial charge >= 0.3 is 0 Å². The van der Waals surface area contributed by atoms with Crippen LogP contribution in [0.4, 0.5) is 0 Å². The molecule has 5 heteroatoms. The summed E-state index contributed by atoms with van der Waals surface area (Å²) in [6, 6.07) is 3.67. The van der Waals surface area contributed by atoms with Crippen molar-refractivity contribution < 1.29 is 14.6 Å². The number of aromatic nitrogens is 2. The minimum absolute atomic E-state index is 0.00938. The zero-order valence-corrected chi connectivity index (χ0v) is 13.2. The summed E-state index contributed by atoms with van der Waals surface area (Å²) in [7, 11) is 0. The molecule has 0 saturated heterocycles. The molecule has 114 valence electrons. The summed E-state index contributed by atoms with van der Waals surface area (Å²) in [4.78, 5) is 11.6. The highest BCUT2D eigenvalue weighted by Crippen LogP contribution is 2.29. The summed E-state index contributed by atoms with van der Waals surface area (Å²) in [5.74, 6) is 0.841. The van der Waals surface area contributed by atoms with Crippen LogP contribution in [0.2, 0.25) is 0 Å². The average molecular weight is 290 g/mol. The van der Waals surface area contributed by atoms with Crippen molar-refractivity contribution in [2.75, 3.05) is 6.61 Å². The maximum atomic E-state index is 11.6. The number of pyridine rings is 1. The molecular weight excluding hydrogens is 268 g/mol. The van der Waals surface area contributed by atoms with Gasteiger partial charge in [0.25, 0.3) is 0 Å². The molecule has 0 aromatic carbocycles. The zero-order valence-electron chi connectivity index (χ0n) is 13.2. The zero-order chi connectivity index (χ0) is 15.8. The van der Waals surface area contributed by atoms with Crippen molar-refractivity contribution in [3.63, 3.8) is 0 Å². The summed E-state index contributed by atoms with van der Waals surface area (Å²) in [5.41, 5.74) is 1.37. The third-order valence-corrected chi connectivity index (χ3v) is 3.19. The van der Waals surface area contributed by atoms with E-state index < -0.39 is 5.60 Å². The van der Waals surface area contributed by atoms with E-state index >= 15 is 0 Å². The maximum Gasteiger partial charge on any atom is 0.163 e. The minimum Gasteiger partial charge on any atom is -0.489 e. The lowest BCUT2D eigenvalue weighted by Gasteiger charge is -2.21. The fourth-order valence-electron chi connectivity index (χ4n) is 2.23. The lowest BCUT2D eigenvalue weighted by atomic mass is 10.1. The molecule has 21 heavy (non-hydrogen) atoms. The number of rotatable bonds is 5. The molecule has 0 spiro atoms. The van der Waals surface area contributed by atoms with Gasteiger partial charge in [0.05, 0.1) is 28.6 Å². The first-order valence-electron chi connectivity index (χ1n) is 7.07. The third-order valence-electron chi connectivity index (χ3n) is 3.19. The van der Waals surface area contributed by atoms with Gasteiger partial charge in [-0.15, -0.1) is 0 Å². The monoisotopic (exact) mass is 290 g/mol. The quantitative estimate of drug-likeness (QED) is 0.860. The molecule has 2 rings (SSSR count). The van der Waals surface area contributed by atoms with Crippen LogP contribution in [0.25, 0.3) is 5.52 Å². The second-order valence-electron chi connectivity index (χ2n) is 6.25. The second kappa shape index (κ2) is 5.48. The number of hydrogen-bond donors (Lipinski definition) is 1. The molecule has 0 aliphatic heterocycles. The fraction of sp³-hybridized carbons (Fsp3) is 0.500. The number of carbonyl (C=O) groups excluding carboxylic acids is 1. The lowest BCUT2D eigenvalue weighted by Crippen LogP contribution is -2.28. The number of ketones is 1. The Kier molecular flexibility index (Phi) is 4.05. The predicted octanol–water partition coefficient (Wildman–Crippen LogP) is 2.81. The summed E-state index contributed by atoms with van der Waals surface area (Å²) in [6.45, 7) is 9.20. The van der Waals surface area contributed by atoms with Gasteiger partial charge in [0.2, 0.25) is 0 Å². The highest BCUT2D eigenvalue weighted by Gasteiger charge is 2.20. The van der Waals surface area contributed by atoms with Gasteiger partial charge in [0, 0.05) is 0 Å². The second-order valence-corrected chi connectivity index (χ2v) is 6.25. The highest BCUT2D eigenvalue weighted by atomic mass is 16.5. The number of ether oxygens (including phenoxy) is 1. The van der Waals surface area contributed by atoms with Crippen molar-refractivity contribution >= 4 is 11.3 Å². The van der Waals surface area contributed by atoms with E-state index in [2.05, 4.69) is 5.10 Å². The molecule has 0 bridgehead atoms. The average Bonchev–Trinajstić information content (AvgIpc) is 2.77. The van der Waals surface area contributed by atoms with Gasteiger partial charge in [-0.25, -0.2) is 4.52 Å². The lowest BCUT2D eigenvalue weighted by molar-refractivity contribution is 0.0278. The van der Waals surface area contributed by atoms with Crippen LogP contribution in [0, 0.1) is 0 Å². The van der Waals surface area contributed by atoms with Crippen molar-refractivity contribution in [2.24, 2.45) is 0 Å². The van der Waals surface area contributed by atoms with E-state index in [0.717, 1.165) is 11.2 Å². The van der Waals surface area contributed by atoms with Crippen LogP contribution in [0.5, 0.6) is 5.75 Å². The summed E-state index contributed by atoms with van der Waals surface area (Å²) < 4.78 is 7.50. The molecule has 2 heterocycles. The van der Waals surface area contributed by atoms with E-state index in [-0.39, 0.29) is 18.3 Å². The largest absolute Gasteiger partial charge is 0.489 e. The number of nitrogens with zero attached hydrogens (tertiary/aromatic N) is 2. The summed E-state index contributed by atoms with van der Waals surface area (Å²) in [5, 5.41) is 14.1. The van der Waals surface area contributed by atoms with Crippen molar-refractivity contribution in [1.29, 1.82) is 0 Å². The van der Waals surface area contributed by atoms with Crippen LogP contribution in [-0.2, 0) is 0 Å². The minimum atomic E-state index is -0.905. The van der Waals surface area contributed by atoms with E-state index in [1.54, 1.807) is 24.6 Å². The molecule has 0 amide bonds. The number of hydrogen-bond acceptors (Lipinski definition) is 4. The first-order chi connectivity index (χ1) is 9.70. The van der Waals surface area contributed by atoms with Crippen molar-refractivity contribution in [3.8, 4) is 5.75 Å². The predicted molar refractivity (Wildman–Crippen MR) is 81.1 cm³/mol. The van der Waals surface area contributed by atoms with Gasteiger partial charge in [0.1, 0.15) is 12.4 Å². The number of fused-ring (bicyclic) bond motifs is 1. The topological polar surface area (TPSA) is 63.8 Å². The Morgan fingerprint density at radius 3 is 2.62 bits per heavy atom. The van der Waals surface area contributed by atoms with Crippen LogP contribution in [0.3, 0.4) is 0 Å². The van der Waals surface area contributed by atoms with E-state index in [9.17, 15) is 9.90 Å². The molecule has 0 unspecified atom stereocenters. The van der Waals surface area contributed by atoms with Gasteiger partial charge in [-0.05, 0) is 38.8 Å². The molecule has 0 atom stereocenters. The molecule has 0 fully saturated rings. The van der Waals surface area contributed by atoms with Crippen LogP contribution in [0.15, 0.2) is 18.3 Å². The van der Waals surface area contributed by atoms with Gasteiger partial charge in [-0.2, -0.15) is 5.10 Å². The maximum absolute atomic E-state index is 11.6. The molecular formula is C16H22N2O3. The number of aliphatic hydroxyl groups is 1. The van der Waals surface area contributed by atoms with Gasteiger partial charge in [0.15, 0.2) is 5.78 Å². The molecule has 0 aliphatic carbocycles. The molecule has 0 radical (unpaired) electrons. The van der Waals surface area contributed by atoms with Crippen LogP contribution in [-0.4, -0.2) is 32.7 Å². The Labute approximate surface area is 124 Å². The van der Waals surface area contributed by atoms with Crippen molar-refractivity contribution in [2.45, 2.75) is 46.1 Å². The van der Waals surface area contributed by atoms with Gasteiger partial charge in [-0.3, -0.25) is 4.79 Å². The van der Waals surface area contributed by atoms with Gasteiger partial charge < -0.3 is 9.84 Å². The highest BCUT2D eigenvalue weighted by molar-refractivity contribution is 6.00. The Morgan fingerprint density at radius 2 is 2.10 bits per heavy atom. The summed E-state index contributed by atoms with van der Waals surface area (Å²) >= 11 is 0. The Bertz CT molecular complexity index is 666. The van der Waals surface area contributed by atoms with Crippen LogP contribution < -0.4 is 4.74 Å². The van der Waals surface area contributed by atoms with Crippen LogP contribution in [0.1, 0.15) is 56.6 Å². The standard InChI is InChI=1S/C16H22N2O3/c1-10(2)15-14(21-9-16(4,5)20)7-6-13-12(11(3)19)8-17-18(13)15/h6-8,10,20H,9H2,1-5H3. The van der Waals surface area contributed by atoms with E-state index in [1.807, 2.05) is 26.0 Å². The molecule has 5 nitrogen and oxygen atoms in total. The van der Waals surface area contributed by atoms with E-state index in [1.165, 1.54) is 6.92 Å². The number of carbonyl (C=O) groups is 1. The van der Waals surface area contributed by atoms with E-state index in [0.29, 0.717) is 11.3 Å². The van der Waals surface area contributed by atoms with Crippen molar-refractivity contribution in [3.05, 3.63) is 29.6 Å². The smallest absolute Gasteiger partial charge is 0.163 e. The third kappa shape index (κ3) is 3.24. The first-order valence-corrected chi connectivity index (χ1v) is 7.07.